The first kappa shape index (κ1) is 17.1. The lowest BCUT2D eigenvalue weighted by Gasteiger charge is -2.21. The molecule has 0 radical (unpaired) electrons. The average Bonchev–Trinajstić information content (AvgIpc) is 2.34. The van der Waals surface area contributed by atoms with E-state index in [2.05, 4.69) is 10.6 Å². The van der Waals surface area contributed by atoms with E-state index < -0.39 is 0 Å². The largest absolute Gasteiger partial charge is 0.346 e. The Morgan fingerprint density at radius 2 is 1.89 bits per heavy atom. The maximum Gasteiger partial charge on any atom is 0.220 e. The van der Waals surface area contributed by atoms with Crippen LogP contribution in [0.15, 0.2) is 0 Å². The first-order chi connectivity index (χ1) is 8.52. The molecule has 0 aromatic carbocycles. The van der Waals surface area contributed by atoms with Crippen molar-refractivity contribution in [3.05, 3.63) is 0 Å². The second-order valence-electron chi connectivity index (χ2n) is 4.96. The molecule has 0 heterocycles. The van der Waals surface area contributed by atoms with E-state index in [1.165, 1.54) is 0 Å². The molecule has 0 spiro atoms. The molecule has 0 unspecified atom stereocenters. The highest BCUT2D eigenvalue weighted by atomic mass is 16.2. The maximum atomic E-state index is 11.7. The molecule has 2 atom stereocenters. The summed E-state index contributed by atoms with van der Waals surface area (Å²) in [6, 6.07) is -0.320. The molecule has 0 saturated heterocycles. The lowest BCUT2D eigenvalue weighted by Crippen LogP contribution is -2.43. The van der Waals surface area contributed by atoms with Gasteiger partial charge in [0.1, 0.15) is 0 Å². The van der Waals surface area contributed by atoms with Gasteiger partial charge in [-0.2, -0.15) is 0 Å². The van der Waals surface area contributed by atoms with E-state index in [0.29, 0.717) is 6.42 Å². The summed E-state index contributed by atoms with van der Waals surface area (Å²) in [7, 11) is 1.93. The number of amides is 1. The SMILES string of the molecule is CC[C@H](C)[C@H](NC(=O)CCCCCNC)C(C)=O.[HH]. The second kappa shape index (κ2) is 10.1. The van der Waals surface area contributed by atoms with Crippen molar-refractivity contribution in [2.75, 3.05) is 13.6 Å². The molecule has 0 aromatic rings. The second-order valence-corrected chi connectivity index (χ2v) is 4.96. The van der Waals surface area contributed by atoms with Crippen LogP contribution in [0.2, 0.25) is 0 Å². The summed E-state index contributed by atoms with van der Waals surface area (Å²) in [6.07, 6.45) is 4.43. The van der Waals surface area contributed by atoms with Crippen molar-refractivity contribution in [3.63, 3.8) is 0 Å². The Bertz CT molecular complexity index is 260. The van der Waals surface area contributed by atoms with Crippen molar-refractivity contribution < 1.29 is 11.0 Å². The van der Waals surface area contributed by atoms with Crippen LogP contribution < -0.4 is 10.6 Å². The number of carbonyl (C=O) groups is 2. The molecular formula is C14H30N2O2. The molecule has 4 nitrogen and oxygen atoms in total. The number of ketones is 1. The molecule has 0 aliphatic carbocycles. The zero-order valence-electron chi connectivity index (χ0n) is 12.2. The van der Waals surface area contributed by atoms with Gasteiger partial charge in [0.15, 0.2) is 5.78 Å². The topological polar surface area (TPSA) is 58.2 Å². The molecule has 108 valence electrons. The van der Waals surface area contributed by atoms with Crippen molar-refractivity contribution >= 4 is 11.7 Å². The number of Topliss-reactive ketones (excluding diaryl/α,β-unsaturated/α-hetero) is 1. The minimum atomic E-state index is -0.320. The standard InChI is InChI=1S/C14H28N2O2.H2/c1-5-11(2)14(12(3)17)16-13(18)9-7-6-8-10-15-4;/h11,14-15H,5-10H2,1-4H3,(H,16,18);1H/t11-,14-;/m0./s1. The summed E-state index contributed by atoms with van der Waals surface area (Å²) in [5.74, 6) is 0.253. The quantitative estimate of drug-likeness (QED) is 0.590. The predicted octanol–water partition coefficient (Wildman–Crippen LogP) is 2.13. The smallest absolute Gasteiger partial charge is 0.220 e. The van der Waals surface area contributed by atoms with E-state index >= 15 is 0 Å². The molecule has 2 N–H and O–H groups in total. The first-order valence-corrected chi connectivity index (χ1v) is 6.97. The number of nitrogens with one attached hydrogen (secondary N) is 2. The van der Waals surface area contributed by atoms with Gasteiger partial charge < -0.3 is 10.6 Å². The Kier molecular flexibility index (Phi) is 9.56. The molecule has 0 rings (SSSR count). The lowest BCUT2D eigenvalue weighted by atomic mass is 9.96. The van der Waals surface area contributed by atoms with Gasteiger partial charge in [-0.15, -0.1) is 0 Å². The van der Waals surface area contributed by atoms with Crippen LogP contribution in [0, 0.1) is 5.92 Å². The Hall–Kier alpha value is -0.900. The third-order valence-electron chi connectivity index (χ3n) is 3.30. The van der Waals surface area contributed by atoms with Gasteiger partial charge in [-0.3, -0.25) is 9.59 Å². The van der Waals surface area contributed by atoms with Crippen LogP contribution >= 0.6 is 0 Å². The Morgan fingerprint density at radius 1 is 1.22 bits per heavy atom. The average molecular weight is 258 g/mol. The van der Waals surface area contributed by atoms with Crippen LogP contribution in [0.1, 0.15) is 54.3 Å². The number of unbranched alkanes of at least 4 members (excludes halogenated alkanes) is 2. The van der Waals surface area contributed by atoms with E-state index in [9.17, 15) is 9.59 Å². The lowest BCUT2D eigenvalue weighted by molar-refractivity contribution is -0.128. The molecule has 4 heteroatoms. The normalized spacial score (nSPS) is 14.0. The molecule has 0 aromatic heterocycles. The summed E-state index contributed by atoms with van der Waals surface area (Å²) >= 11 is 0. The molecule has 0 saturated carbocycles. The van der Waals surface area contributed by atoms with E-state index in [0.717, 1.165) is 32.2 Å². The summed E-state index contributed by atoms with van der Waals surface area (Å²) < 4.78 is 0. The van der Waals surface area contributed by atoms with Gasteiger partial charge in [0.2, 0.25) is 5.91 Å². The minimum Gasteiger partial charge on any atom is -0.346 e. The molecule has 0 bridgehead atoms. The third-order valence-corrected chi connectivity index (χ3v) is 3.30. The van der Waals surface area contributed by atoms with Crippen molar-refractivity contribution in [1.82, 2.24) is 10.6 Å². The highest BCUT2D eigenvalue weighted by molar-refractivity contribution is 5.87. The van der Waals surface area contributed by atoms with Crippen LogP contribution in [0.5, 0.6) is 0 Å². The fraction of sp³-hybridized carbons (Fsp3) is 0.857. The van der Waals surface area contributed by atoms with Gasteiger partial charge in [-0.1, -0.05) is 26.7 Å². The van der Waals surface area contributed by atoms with Gasteiger partial charge in [-0.05, 0) is 39.3 Å². The molecule has 0 aliphatic rings. The summed E-state index contributed by atoms with van der Waals surface area (Å²) in [6.45, 7) is 6.57. The third kappa shape index (κ3) is 7.43. The number of hydrogen-bond donors (Lipinski definition) is 2. The van der Waals surface area contributed by atoms with Crippen molar-refractivity contribution in [2.45, 2.75) is 58.9 Å². The van der Waals surface area contributed by atoms with Crippen LogP contribution in [-0.4, -0.2) is 31.3 Å². The maximum absolute atomic E-state index is 11.7. The van der Waals surface area contributed by atoms with Crippen LogP contribution in [0.4, 0.5) is 0 Å². The number of rotatable bonds is 10. The molecule has 18 heavy (non-hydrogen) atoms. The van der Waals surface area contributed by atoms with E-state index in [1.54, 1.807) is 6.92 Å². The monoisotopic (exact) mass is 258 g/mol. The van der Waals surface area contributed by atoms with E-state index in [-0.39, 0.29) is 25.1 Å². The first-order valence-electron chi connectivity index (χ1n) is 6.97. The summed E-state index contributed by atoms with van der Waals surface area (Å²) in [5, 5.41) is 5.93. The molecule has 0 fully saturated rings. The van der Waals surface area contributed by atoms with E-state index in [4.69, 9.17) is 0 Å². The van der Waals surface area contributed by atoms with Crippen LogP contribution in [-0.2, 0) is 9.59 Å². The van der Waals surface area contributed by atoms with Crippen molar-refractivity contribution in [3.8, 4) is 0 Å². The van der Waals surface area contributed by atoms with Crippen molar-refractivity contribution in [2.24, 2.45) is 5.92 Å². The van der Waals surface area contributed by atoms with Gasteiger partial charge in [0, 0.05) is 7.85 Å². The predicted molar refractivity (Wildman–Crippen MR) is 76.6 cm³/mol. The minimum absolute atomic E-state index is 0. The number of carbonyl (C=O) groups excluding carboxylic acids is 2. The Balaban J connectivity index is 0. The van der Waals surface area contributed by atoms with Gasteiger partial charge >= 0.3 is 0 Å². The molecular weight excluding hydrogens is 228 g/mol. The van der Waals surface area contributed by atoms with Crippen molar-refractivity contribution in [1.29, 1.82) is 0 Å². The summed E-state index contributed by atoms with van der Waals surface area (Å²) in [5.41, 5.74) is 0. The Labute approximate surface area is 112 Å². The fourth-order valence-electron chi connectivity index (χ4n) is 1.89. The number of hydrogen-bond acceptors (Lipinski definition) is 3. The highest BCUT2D eigenvalue weighted by Crippen LogP contribution is 2.09. The van der Waals surface area contributed by atoms with Gasteiger partial charge in [0.25, 0.3) is 0 Å². The fourth-order valence-corrected chi connectivity index (χ4v) is 1.89. The Morgan fingerprint density at radius 3 is 2.39 bits per heavy atom. The van der Waals surface area contributed by atoms with Gasteiger partial charge in [0.05, 0.1) is 6.04 Å². The van der Waals surface area contributed by atoms with Gasteiger partial charge in [-0.25, -0.2) is 0 Å². The van der Waals surface area contributed by atoms with E-state index in [1.807, 2.05) is 20.9 Å². The molecule has 1 amide bonds. The zero-order chi connectivity index (χ0) is 14.0. The molecule has 0 aliphatic heterocycles. The van der Waals surface area contributed by atoms with Crippen LogP contribution in [0.3, 0.4) is 0 Å². The summed E-state index contributed by atoms with van der Waals surface area (Å²) in [4.78, 5) is 23.2. The zero-order valence-corrected chi connectivity index (χ0v) is 12.2. The highest BCUT2D eigenvalue weighted by Gasteiger charge is 2.21. The van der Waals surface area contributed by atoms with Crippen LogP contribution in [0.25, 0.3) is 0 Å².